The molecule has 0 saturated carbocycles. The van der Waals surface area contributed by atoms with Crippen molar-refractivity contribution in [3.8, 4) is 0 Å². The number of carbonyl (C=O) groups excluding carboxylic acids is 3. The molecule has 11 heteroatoms. The molecule has 0 fully saturated rings. The highest BCUT2D eigenvalue weighted by Crippen LogP contribution is 2.24. The summed E-state index contributed by atoms with van der Waals surface area (Å²) in [4.78, 5) is 45.4. The van der Waals surface area contributed by atoms with Crippen LogP contribution in [0, 0.1) is 15.9 Å². The van der Waals surface area contributed by atoms with Crippen molar-refractivity contribution >= 4 is 40.8 Å². The number of halogens is 2. The summed E-state index contributed by atoms with van der Waals surface area (Å²) < 4.78 is 17.9. The Kier molecular flexibility index (Phi) is 8.24. The molecule has 9 nitrogen and oxygen atoms in total. The van der Waals surface area contributed by atoms with E-state index in [-0.39, 0.29) is 31.0 Å². The largest absolute Gasteiger partial charge is 0.456 e. The van der Waals surface area contributed by atoms with Crippen molar-refractivity contribution in [3.05, 3.63) is 69.0 Å². The van der Waals surface area contributed by atoms with Gasteiger partial charge in [-0.3, -0.25) is 24.5 Å². The fourth-order valence-electron chi connectivity index (χ4n) is 2.30. The van der Waals surface area contributed by atoms with Crippen LogP contribution in [0.3, 0.4) is 0 Å². The summed E-state index contributed by atoms with van der Waals surface area (Å²) in [7, 11) is 0. The van der Waals surface area contributed by atoms with Gasteiger partial charge in [0, 0.05) is 23.6 Å². The fraction of sp³-hybridized carbons (Fsp3) is 0.211. The van der Waals surface area contributed by atoms with Gasteiger partial charge in [-0.1, -0.05) is 11.6 Å². The quantitative estimate of drug-likeness (QED) is 0.268. The van der Waals surface area contributed by atoms with Crippen molar-refractivity contribution in [2.75, 3.05) is 18.5 Å². The maximum atomic E-state index is 13.1. The molecule has 0 unspecified atom stereocenters. The highest BCUT2D eigenvalue weighted by molar-refractivity contribution is 6.30. The molecule has 2 aromatic rings. The lowest BCUT2D eigenvalue weighted by atomic mass is 10.2. The van der Waals surface area contributed by atoms with E-state index < -0.39 is 34.9 Å². The molecule has 2 N–H and O–H groups in total. The third kappa shape index (κ3) is 7.13. The second-order valence-electron chi connectivity index (χ2n) is 5.99. The number of nitro groups is 1. The molecule has 0 spiro atoms. The van der Waals surface area contributed by atoms with Gasteiger partial charge < -0.3 is 15.4 Å². The van der Waals surface area contributed by atoms with E-state index >= 15 is 0 Å². The van der Waals surface area contributed by atoms with Crippen molar-refractivity contribution < 1.29 is 28.4 Å². The second kappa shape index (κ2) is 10.9. The molecule has 0 saturated heterocycles. The summed E-state index contributed by atoms with van der Waals surface area (Å²) in [5.74, 6) is -2.64. The van der Waals surface area contributed by atoms with Crippen LogP contribution in [-0.4, -0.2) is 35.9 Å². The molecule has 0 radical (unpaired) electrons. The minimum atomic E-state index is -0.844. The number of anilines is 1. The van der Waals surface area contributed by atoms with Crippen LogP contribution < -0.4 is 10.6 Å². The van der Waals surface area contributed by atoms with E-state index in [0.717, 1.165) is 12.1 Å². The normalized spacial score (nSPS) is 10.2. The summed E-state index contributed by atoms with van der Waals surface area (Å²) in [6.45, 7) is -0.449. The molecule has 0 aliphatic heterocycles. The molecule has 0 atom stereocenters. The van der Waals surface area contributed by atoms with Crippen molar-refractivity contribution in [3.63, 3.8) is 0 Å². The SMILES string of the molecule is O=C(COC(=O)CCCNC(=O)c1ccc(Cl)cc1)Nc1ccc(F)cc1[N+](=O)[O-]. The minimum Gasteiger partial charge on any atom is -0.456 e. The van der Waals surface area contributed by atoms with E-state index in [1.54, 1.807) is 24.3 Å². The summed E-state index contributed by atoms with van der Waals surface area (Å²) in [6.07, 6.45) is 0.230. The third-order valence-corrected chi connectivity index (χ3v) is 4.00. The van der Waals surface area contributed by atoms with Crippen molar-refractivity contribution in [2.24, 2.45) is 0 Å². The number of nitro benzene ring substituents is 1. The van der Waals surface area contributed by atoms with Crippen LogP contribution in [0.2, 0.25) is 5.02 Å². The van der Waals surface area contributed by atoms with Gasteiger partial charge in [-0.05, 0) is 42.8 Å². The molecule has 0 heterocycles. The van der Waals surface area contributed by atoms with Crippen LogP contribution in [0.25, 0.3) is 0 Å². The van der Waals surface area contributed by atoms with Crippen molar-refractivity contribution in [1.82, 2.24) is 5.32 Å². The molecule has 0 aliphatic rings. The molecule has 0 aliphatic carbocycles. The highest BCUT2D eigenvalue weighted by Gasteiger charge is 2.17. The zero-order chi connectivity index (χ0) is 22.1. The number of hydrogen-bond donors (Lipinski definition) is 2. The van der Waals surface area contributed by atoms with E-state index in [0.29, 0.717) is 16.7 Å². The Hall–Kier alpha value is -3.53. The van der Waals surface area contributed by atoms with E-state index in [2.05, 4.69) is 10.6 Å². The van der Waals surface area contributed by atoms with Crippen molar-refractivity contribution in [1.29, 1.82) is 0 Å². The number of amides is 2. The number of hydrogen-bond acceptors (Lipinski definition) is 6. The Balaban J connectivity index is 1.69. The summed E-state index contributed by atoms with van der Waals surface area (Å²) >= 11 is 5.75. The number of esters is 1. The van der Waals surface area contributed by atoms with Gasteiger partial charge in [-0.15, -0.1) is 0 Å². The first-order valence-electron chi connectivity index (χ1n) is 8.69. The molecular formula is C19H17ClFN3O6. The molecule has 0 bridgehead atoms. The minimum absolute atomic E-state index is 0.0507. The Labute approximate surface area is 175 Å². The Bertz CT molecular complexity index is 952. The number of rotatable bonds is 9. The molecule has 2 aromatic carbocycles. The zero-order valence-electron chi connectivity index (χ0n) is 15.5. The smallest absolute Gasteiger partial charge is 0.306 e. The topological polar surface area (TPSA) is 128 Å². The van der Waals surface area contributed by atoms with Gasteiger partial charge in [-0.2, -0.15) is 0 Å². The molecule has 158 valence electrons. The first kappa shape index (κ1) is 22.8. The number of nitrogens with one attached hydrogen (secondary N) is 2. The van der Waals surface area contributed by atoms with Crippen LogP contribution in [0.15, 0.2) is 42.5 Å². The predicted molar refractivity (Wildman–Crippen MR) is 106 cm³/mol. The van der Waals surface area contributed by atoms with Crippen LogP contribution in [0.1, 0.15) is 23.2 Å². The fourth-order valence-corrected chi connectivity index (χ4v) is 2.43. The monoisotopic (exact) mass is 437 g/mol. The van der Waals surface area contributed by atoms with Crippen LogP contribution in [-0.2, 0) is 14.3 Å². The number of benzene rings is 2. The van der Waals surface area contributed by atoms with E-state index in [9.17, 15) is 28.9 Å². The number of carbonyl (C=O) groups is 3. The van der Waals surface area contributed by atoms with E-state index in [4.69, 9.17) is 16.3 Å². The summed E-state index contributed by atoms with van der Waals surface area (Å²) in [6, 6.07) is 8.95. The van der Waals surface area contributed by atoms with Crippen molar-refractivity contribution in [2.45, 2.75) is 12.8 Å². The molecular weight excluding hydrogens is 421 g/mol. The molecule has 2 amide bonds. The van der Waals surface area contributed by atoms with Gasteiger partial charge in [0.2, 0.25) is 0 Å². The highest BCUT2D eigenvalue weighted by atomic mass is 35.5. The predicted octanol–water partition coefficient (Wildman–Crippen LogP) is 3.08. The standard InChI is InChI=1S/C19H17ClFN3O6/c20-13-5-3-12(4-6-13)19(27)22-9-1-2-18(26)30-11-17(25)23-15-8-7-14(21)10-16(15)24(28)29/h3-8,10H,1-2,9,11H2,(H,22,27)(H,23,25). The first-order chi connectivity index (χ1) is 14.3. The molecule has 2 rings (SSSR count). The maximum absolute atomic E-state index is 13.1. The van der Waals surface area contributed by atoms with Gasteiger partial charge in [0.05, 0.1) is 11.0 Å². The number of nitrogens with zero attached hydrogens (tertiary/aromatic N) is 1. The lowest BCUT2D eigenvalue weighted by Gasteiger charge is -2.08. The van der Waals surface area contributed by atoms with E-state index in [1.807, 2.05) is 0 Å². The van der Waals surface area contributed by atoms with Gasteiger partial charge in [0.25, 0.3) is 17.5 Å². The first-order valence-corrected chi connectivity index (χ1v) is 9.07. The Morgan fingerprint density at radius 3 is 2.50 bits per heavy atom. The lowest BCUT2D eigenvalue weighted by Crippen LogP contribution is -2.25. The van der Waals surface area contributed by atoms with Crippen LogP contribution in [0.4, 0.5) is 15.8 Å². The number of ether oxygens (including phenoxy) is 1. The Morgan fingerprint density at radius 2 is 1.83 bits per heavy atom. The summed E-state index contributed by atoms with van der Waals surface area (Å²) in [5, 5.41) is 16.2. The summed E-state index contributed by atoms with van der Waals surface area (Å²) in [5.41, 5.74) is -0.410. The Morgan fingerprint density at radius 1 is 1.13 bits per heavy atom. The van der Waals surface area contributed by atoms with Crippen LogP contribution >= 0.6 is 11.6 Å². The maximum Gasteiger partial charge on any atom is 0.306 e. The van der Waals surface area contributed by atoms with Gasteiger partial charge >= 0.3 is 5.97 Å². The second-order valence-corrected chi connectivity index (χ2v) is 6.43. The average molecular weight is 438 g/mol. The molecule has 0 aromatic heterocycles. The third-order valence-electron chi connectivity index (χ3n) is 3.74. The zero-order valence-corrected chi connectivity index (χ0v) is 16.3. The lowest BCUT2D eigenvalue weighted by molar-refractivity contribution is -0.384. The molecule has 30 heavy (non-hydrogen) atoms. The van der Waals surface area contributed by atoms with Crippen LogP contribution in [0.5, 0.6) is 0 Å². The average Bonchev–Trinajstić information content (AvgIpc) is 2.71. The van der Waals surface area contributed by atoms with Gasteiger partial charge in [0.15, 0.2) is 6.61 Å². The van der Waals surface area contributed by atoms with Gasteiger partial charge in [0.1, 0.15) is 11.5 Å². The van der Waals surface area contributed by atoms with E-state index in [1.165, 1.54) is 0 Å². The van der Waals surface area contributed by atoms with Gasteiger partial charge in [-0.25, -0.2) is 4.39 Å².